The van der Waals surface area contributed by atoms with Gasteiger partial charge in [-0.25, -0.2) is 0 Å². The number of benzene rings is 1. The number of piperidine rings is 1. The van der Waals surface area contributed by atoms with E-state index in [4.69, 9.17) is 5.73 Å². The zero-order valence-corrected chi connectivity index (χ0v) is 11.2. The molecule has 1 heterocycles. The molecule has 1 aliphatic heterocycles. The first kappa shape index (κ1) is 13.1. The fourth-order valence-corrected chi connectivity index (χ4v) is 2.79. The van der Waals surface area contributed by atoms with Gasteiger partial charge in [-0.15, -0.1) is 0 Å². The molecule has 3 nitrogen and oxygen atoms in total. The lowest BCUT2D eigenvalue weighted by Crippen LogP contribution is -2.51. The van der Waals surface area contributed by atoms with Gasteiger partial charge in [0.25, 0.3) is 0 Å². The third-order valence-electron chi connectivity index (χ3n) is 3.87. The van der Waals surface area contributed by atoms with E-state index >= 15 is 0 Å². The summed E-state index contributed by atoms with van der Waals surface area (Å²) in [7, 11) is 0. The van der Waals surface area contributed by atoms with E-state index in [1.165, 1.54) is 5.56 Å². The topological polar surface area (TPSA) is 46.3 Å². The highest BCUT2D eigenvalue weighted by Crippen LogP contribution is 2.33. The number of amides is 1. The molecule has 0 radical (unpaired) electrons. The molecule has 18 heavy (non-hydrogen) atoms. The number of hydrogen-bond donors (Lipinski definition) is 1. The highest BCUT2D eigenvalue weighted by molar-refractivity contribution is 5.81. The van der Waals surface area contributed by atoms with Crippen molar-refractivity contribution in [1.29, 1.82) is 0 Å². The van der Waals surface area contributed by atoms with Gasteiger partial charge >= 0.3 is 0 Å². The zero-order valence-electron chi connectivity index (χ0n) is 11.2. The average molecular weight is 246 g/mol. The Labute approximate surface area is 109 Å². The van der Waals surface area contributed by atoms with Gasteiger partial charge in [0, 0.05) is 18.5 Å². The molecule has 1 amide bonds. The predicted octanol–water partition coefficient (Wildman–Crippen LogP) is 1.91. The summed E-state index contributed by atoms with van der Waals surface area (Å²) in [5.74, 6) is 0.0665. The molecular formula is C15H22N2O. The van der Waals surface area contributed by atoms with E-state index in [-0.39, 0.29) is 11.3 Å². The lowest BCUT2D eigenvalue weighted by atomic mass is 9.76. The second kappa shape index (κ2) is 5.11. The number of nitrogens with zero attached hydrogens (tertiary/aromatic N) is 1. The third-order valence-corrected chi connectivity index (χ3v) is 3.87. The monoisotopic (exact) mass is 246 g/mol. The summed E-state index contributed by atoms with van der Waals surface area (Å²) in [5.41, 5.74) is 7.07. The van der Waals surface area contributed by atoms with Crippen LogP contribution in [0.2, 0.25) is 0 Å². The van der Waals surface area contributed by atoms with Crippen LogP contribution >= 0.6 is 0 Å². The van der Waals surface area contributed by atoms with E-state index in [2.05, 4.69) is 31.2 Å². The van der Waals surface area contributed by atoms with Crippen molar-refractivity contribution in [1.82, 2.24) is 4.90 Å². The van der Waals surface area contributed by atoms with Crippen molar-refractivity contribution < 1.29 is 4.79 Å². The Bertz CT molecular complexity index is 416. The maximum atomic E-state index is 12.0. The highest BCUT2D eigenvalue weighted by atomic mass is 16.2. The molecule has 0 aliphatic carbocycles. The van der Waals surface area contributed by atoms with E-state index in [0.29, 0.717) is 0 Å². The zero-order chi connectivity index (χ0) is 13.2. The van der Waals surface area contributed by atoms with Gasteiger partial charge in [-0.3, -0.25) is 4.79 Å². The minimum absolute atomic E-state index is 0.0596. The molecule has 0 saturated carbocycles. The Morgan fingerprint density at radius 1 is 1.39 bits per heavy atom. The maximum absolute atomic E-state index is 12.0. The maximum Gasteiger partial charge on any atom is 0.239 e. The van der Waals surface area contributed by atoms with Crippen LogP contribution in [-0.4, -0.2) is 29.9 Å². The van der Waals surface area contributed by atoms with E-state index in [1.54, 1.807) is 6.92 Å². The first-order chi connectivity index (χ1) is 8.53. The molecule has 0 bridgehead atoms. The number of nitrogens with two attached hydrogens (primary N) is 1. The molecule has 98 valence electrons. The molecule has 2 atom stereocenters. The Balaban J connectivity index is 2.18. The second-order valence-electron chi connectivity index (χ2n) is 5.58. The summed E-state index contributed by atoms with van der Waals surface area (Å²) in [5, 5.41) is 0. The summed E-state index contributed by atoms with van der Waals surface area (Å²) in [6.07, 6.45) is 2.17. The van der Waals surface area contributed by atoms with Crippen molar-refractivity contribution in [3.05, 3.63) is 35.9 Å². The average Bonchev–Trinajstić information content (AvgIpc) is 2.39. The number of carbonyl (C=O) groups excluding carboxylic acids is 1. The van der Waals surface area contributed by atoms with Gasteiger partial charge in [0.1, 0.15) is 0 Å². The van der Waals surface area contributed by atoms with Crippen LogP contribution < -0.4 is 5.73 Å². The molecule has 1 unspecified atom stereocenters. The molecule has 3 heteroatoms. The first-order valence-corrected chi connectivity index (χ1v) is 6.63. The Hall–Kier alpha value is -1.35. The molecule has 2 N–H and O–H groups in total. The molecule has 0 aromatic heterocycles. The summed E-state index contributed by atoms with van der Waals surface area (Å²) < 4.78 is 0. The minimum Gasteiger partial charge on any atom is -0.340 e. The largest absolute Gasteiger partial charge is 0.340 e. The van der Waals surface area contributed by atoms with Crippen LogP contribution in [0.3, 0.4) is 0 Å². The summed E-state index contributed by atoms with van der Waals surface area (Å²) >= 11 is 0. The van der Waals surface area contributed by atoms with Crippen molar-refractivity contribution in [3.63, 3.8) is 0 Å². The Kier molecular flexibility index (Phi) is 3.71. The van der Waals surface area contributed by atoms with Crippen LogP contribution in [0.5, 0.6) is 0 Å². The van der Waals surface area contributed by atoms with Crippen LogP contribution in [0.1, 0.15) is 32.3 Å². The van der Waals surface area contributed by atoms with Crippen LogP contribution in [-0.2, 0) is 10.2 Å². The van der Waals surface area contributed by atoms with Crippen molar-refractivity contribution in [2.75, 3.05) is 13.1 Å². The number of likely N-dealkylation sites (tertiary alicyclic amines) is 1. The minimum atomic E-state index is -0.400. The van der Waals surface area contributed by atoms with E-state index in [1.807, 2.05) is 11.0 Å². The Morgan fingerprint density at radius 2 is 2.06 bits per heavy atom. The quantitative estimate of drug-likeness (QED) is 0.866. The molecule has 1 aromatic rings. The number of rotatable bonds is 2. The fourth-order valence-electron chi connectivity index (χ4n) is 2.79. The van der Waals surface area contributed by atoms with Gasteiger partial charge in [0.2, 0.25) is 5.91 Å². The van der Waals surface area contributed by atoms with Gasteiger partial charge in [-0.05, 0) is 25.3 Å². The van der Waals surface area contributed by atoms with Gasteiger partial charge in [-0.1, -0.05) is 37.3 Å². The highest BCUT2D eigenvalue weighted by Gasteiger charge is 2.34. The first-order valence-electron chi connectivity index (χ1n) is 6.63. The fraction of sp³-hybridized carbons (Fsp3) is 0.533. The lowest BCUT2D eigenvalue weighted by molar-refractivity contribution is -0.134. The number of carbonyl (C=O) groups is 1. The van der Waals surface area contributed by atoms with Gasteiger partial charge in [0.15, 0.2) is 0 Å². The summed E-state index contributed by atoms with van der Waals surface area (Å²) in [4.78, 5) is 13.9. The Morgan fingerprint density at radius 3 is 2.67 bits per heavy atom. The van der Waals surface area contributed by atoms with E-state index < -0.39 is 6.04 Å². The third kappa shape index (κ3) is 2.56. The van der Waals surface area contributed by atoms with Crippen LogP contribution in [0.15, 0.2) is 30.3 Å². The second-order valence-corrected chi connectivity index (χ2v) is 5.58. The van der Waals surface area contributed by atoms with Gasteiger partial charge < -0.3 is 10.6 Å². The van der Waals surface area contributed by atoms with Gasteiger partial charge in [-0.2, -0.15) is 0 Å². The van der Waals surface area contributed by atoms with E-state index in [9.17, 15) is 4.79 Å². The van der Waals surface area contributed by atoms with Crippen LogP contribution in [0.25, 0.3) is 0 Å². The van der Waals surface area contributed by atoms with Gasteiger partial charge in [0.05, 0.1) is 6.04 Å². The van der Waals surface area contributed by atoms with Crippen LogP contribution in [0, 0.1) is 0 Å². The number of hydrogen-bond acceptors (Lipinski definition) is 2. The summed E-state index contributed by atoms with van der Waals surface area (Å²) in [6.45, 7) is 5.61. The molecule has 1 aliphatic rings. The SMILES string of the molecule is C[C@@H](N)C(=O)N1CCCC(C)(c2ccccc2)C1. The molecule has 1 fully saturated rings. The van der Waals surface area contributed by atoms with Crippen molar-refractivity contribution in [2.45, 2.75) is 38.1 Å². The predicted molar refractivity (Wildman–Crippen MR) is 73.3 cm³/mol. The lowest BCUT2D eigenvalue weighted by Gasteiger charge is -2.41. The summed E-state index contributed by atoms with van der Waals surface area (Å²) in [6, 6.07) is 10.1. The van der Waals surface area contributed by atoms with Crippen molar-refractivity contribution in [3.8, 4) is 0 Å². The molecular weight excluding hydrogens is 224 g/mol. The van der Waals surface area contributed by atoms with Crippen molar-refractivity contribution >= 4 is 5.91 Å². The normalized spacial score (nSPS) is 25.8. The molecule has 1 saturated heterocycles. The van der Waals surface area contributed by atoms with Crippen LogP contribution in [0.4, 0.5) is 0 Å². The van der Waals surface area contributed by atoms with E-state index in [0.717, 1.165) is 25.9 Å². The smallest absolute Gasteiger partial charge is 0.239 e. The molecule has 2 rings (SSSR count). The van der Waals surface area contributed by atoms with Crippen molar-refractivity contribution in [2.24, 2.45) is 5.73 Å². The molecule has 0 spiro atoms. The molecule has 1 aromatic carbocycles. The standard InChI is InChI=1S/C15H22N2O/c1-12(16)14(18)17-10-6-9-15(2,11-17)13-7-4-3-5-8-13/h3-5,7-8,12H,6,9-11,16H2,1-2H3/t12-,15?/m1/s1.